The van der Waals surface area contributed by atoms with Crippen LogP contribution in [0.25, 0.3) is 0 Å². The Bertz CT molecular complexity index is 343. The molecule has 0 aliphatic rings. The molecule has 1 aromatic carbocycles. The second-order valence-electron chi connectivity index (χ2n) is 4.23. The zero-order valence-corrected chi connectivity index (χ0v) is 12.0. The smallest absolute Gasteiger partial charge is 0.236 e. The summed E-state index contributed by atoms with van der Waals surface area (Å²) in [6, 6.07) is 10.2. The number of hydrogen-bond acceptors (Lipinski definition) is 2. The number of nitrogens with zero attached hydrogens (tertiary/aromatic N) is 1. The van der Waals surface area contributed by atoms with Gasteiger partial charge in [-0.2, -0.15) is 0 Å². The van der Waals surface area contributed by atoms with E-state index in [0.717, 1.165) is 24.9 Å². The van der Waals surface area contributed by atoms with Gasteiger partial charge >= 0.3 is 0 Å². The van der Waals surface area contributed by atoms with Gasteiger partial charge in [0.1, 0.15) is 0 Å². The summed E-state index contributed by atoms with van der Waals surface area (Å²) in [4.78, 5) is 13.7. The molecule has 18 heavy (non-hydrogen) atoms. The maximum atomic E-state index is 11.8. The Morgan fingerprint density at radius 2 is 1.94 bits per heavy atom. The molecule has 1 aromatic rings. The van der Waals surface area contributed by atoms with Gasteiger partial charge in [0.15, 0.2) is 0 Å². The highest BCUT2D eigenvalue weighted by Crippen LogP contribution is 2.20. The van der Waals surface area contributed by atoms with Crippen LogP contribution < -0.4 is 5.73 Å². The molecular weight excluding hydrogens is 248 g/mol. The first kappa shape index (κ1) is 16.9. The van der Waals surface area contributed by atoms with Crippen molar-refractivity contribution in [1.82, 2.24) is 4.90 Å². The van der Waals surface area contributed by atoms with Crippen LogP contribution in [0.3, 0.4) is 0 Å². The lowest BCUT2D eigenvalue weighted by atomic mass is 10.1. The maximum Gasteiger partial charge on any atom is 0.236 e. The van der Waals surface area contributed by atoms with Gasteiger partial charge in [0, 0.05) is 6.54 Å². The van der Waals surface area contributed by atoms with Crippen molar-refractivity contribution in [1.29, 1.82) is 0 Å². The van der Waals surface area contributed by atoms with Gasteiger partial charge in [-0.3, -0.25) is 4.79 Å². The van der Waals surface area contributed by atoms with Gasteiger partial charge in [-0.25, -0.2) is 0 Å². The number of rotatable bonds is 6. The first-order chi connectivity index (χ1) is 8.20. The van der Waals surface area contributed by atoms with Crippen LogP contribution in [0.1, 0.15) is 38.3 Å². The van der Waals surface area contributed by atoms with Crippen LogP contribution in [0, 0.1) is 0 Å². The molecule has 102 valence electrons. The highest BCUT2D eigenvalue weighted by atomic mass is 35.5. The molecule has 0 aliphatic carbocycles. The molecule has 2 N–H and O–H groups in total. The van der Waals surface area contributed by atoms with Crippen molar-refractivity contribution < 1.29 is 4.79 Å². The molecule has 3 nitrogen and oxygen atoms in total. The predicted octanol–water partition coefficient (Wildman–Crippen LogP) is 2.76. The first-order valence-corrected chi connectivity index (χ1v) is 6.25. The third kappa shape index (κ3) is 4.67. The molecule has 0 bridgehead atoms. The van der Waals surface area contributed by atoms with E-state index in [9.17, 15) is 4.79 Å². The van der Waals surface area contributed by atoms with Crippen LogP contribution in [0.5, 0.6) is 0 Å². The topological polar surface area (TPSA) is 46.3 Å². The van der Waals surface area contributed by atoms with E-state index < -0.39 is 0 Å². The first-order valence-electron chi connectivity index (χ1n) is 6.25. The number of benzene rings is 1. The summed E-state index contributed by atoms with van der Waals surface area (Å²) in [6.45, 7) is 5.04. The quantitative estimate of drug-likeness (QED) is 0.864. The Morgan fingerprint density at radius 1 is 1.33 bits per heavy atom. The van der Waals surface area contributed by atoms with Gasteiger partial charge < -0.3 is 10.6 Å². The predicted molar refractivity (Wildman–Crippen MR) is 77.8 cm³/mol. The Hall–Kier alpha value is -1.06. The lowest BCUT2D eigenvalue weighted by Crippen LogP contribution is -2.38. The van der Waals surface area contributed by atoms with Crippen molar-refractivity contribution in [3.63, 3.8) is 0 Å². The van der Waals surface area contributed by atoms with Crippen LogP contribution >= 0.6 is 12.4 Å². The standard InChI is InChI=1S/C14H22N2O.ClH/c1-3-4-10-16(14(17)11-15)12(2)13-8-6-5-7-9-13;/h5-9,12H,3-4,10-11,15H2,1-2H3;1H. The summed E-state index contributed by atoms with van der Waals surface area (Å²) in [5.41, 5.74) is 6.63. The Morgan fingerprint density at radius 3 is 2.44 bits per heavy atom. The number of nitrogens with two attached hydrogens (primary N) is 1. The fraction of sp³-hybridized carbons (Fsp3) is 0.500. The zero-order chi connectivity index (χ0) is 12.7. The Kier molecular flexibility index (Phi) is 8.42. The molecule has 0 fully saturated rings. The second kappa shape index (κ2) is 8.95. The third-order valence-corrected chi connectivity index (χ3v) is 3.00. The number of unbranched alkanes of at least 4 members (excludes halogenated alkanes) is 1. The van der Waals surface area contributed by atoms with Gasteiger partial charge in [0.05, 0.1) is 12.6 Å². The van der Waals surface area contributed by atoms with E-state index in [1.165, 1.54) is 0 Å². The number of carbonyl (C=O) groups excluding carboxylic acids is 1. The van der Waals surface area contributed by atoms with Crippen molar-refractivity contribution in [2.45, 2.75) is 32.7 Å². The average molecular weight is 271 g/mol. The van der Waals surface area contributed by atoms with E-state index in [2.05, 4.69) is 13.8 Å². The molecule has 0 aliphatic heterocycles. The van der Waals surface area contributed by atoms with Crippen LogP contribution in [0.2, 0.25) is 0 Å². The number of halogens is 1. The van der Waals surface area contributed by atoms with Gasteiger partial charge in [-0.1, -0.05) is 43.7 Å². The normalized spacial score (nSPS) is 11.5. The zero-order valence-electron chi connectivity index (χ0n) is 11.1. The van der Waals surface area contributed by atoms with Crippen molar-refractivity contribution in [3.05, 3.63) is 35.9 Å². The fourth-order valence-electron chi connectivity index (χ4n) is 1.89. The molecule has 0 saturated carbocycles. The molecule has 1 rings (SSSR count). The highest BCUT2D eigenvalue weighted by molar-refractivity contribution is 5.85. The largest absolute Gasteiger partial charge is 0.335 e. The monoisotopic (exact) mass is 270 g/mol. The van der Waals surface area contributed by atoms with Crippen molar-refractivity contribution in [3.8, 4) is 0 Å². The van der Waals surface area contributed by atoms with E-state index in [-0.39, 0.29) is 30.9 Å². The summed E-state index contributed by atoms with van der Waals surface area (Å²) in [5.74, 6) is 0.0230. The van der Waals surface area contributed by atoms with Gasteiger partial charge in [0.2, 0.25) is 5.91 Å². The van der Waals surface area contributed by atoms with Gasteiger partial charge in [-0.15, -0.1) is 12.4 Å². The van der Waals surface area contributed by atoms with Crippen molar-refractivity contribution in [2.75, 3.05) is 13.1 Å². The van der Waals surface area contributed by atoms with Crippen LogP contribution in [-0.4, -0.2) is 23.9 Å². The molecular formula is C14H23ClN2O. The average Bonchev–Trinajstić information content (AvgIpc) is 2.39. The van der Waals surface area contributed by atoms with E-state index in [0.29, 0.717) is 0 Å². The molecule has 0 heterocycles. The fourth-order valence-corrected chi connectivity index (χ4v) is 1.89. The van der Waals surface area contributed by atoms with Crippen LogP contribution in [-0.2, 0) is 4.79 Å². The van der Waals surface area contributed by atoms with E-state index in [4.69, 9.17) is 5.73 Å². The lowest BCUT2D eigenvalue weighted by molar-refractivity contribution is -0.131. The molecule has 4 heteroatoms. The number of hydrogen-bond donors (Lipinski definition) is 1. The minimum absolute atomic E-state index is 0. The Labute approximate surface area is 116 Å². The van der Waals surface area contributed by atoms with E-state index in [1.807, 2.05) is 35.2 Å². The molecule has 1 amide bonds. The van der Waals surface area contributed by atoms with Crippen molar-refractivity contribution >= 4 is 18.3 Å². The molecule has 0 radical (unpaired) electrons. The molecule has 0 saturated heterocycles. The van der Waals surface area contributed by atoms with Crippen LogP contribution in [0.15, 0.2) is 30.3 Å². The van der Waals surface area contributed by atoms with E-state index in [1.54, 1.807) is 0 Å². The summed E-state index contributed by atoms with van der Waals surface area (Å²) in [6.07, 6.45) is 2.10. The molecule has 1 atom stereocenters. The highest BCUT2D eigenvalue weighted by Gasteiger charge is 2.19. The third-order valence-electron chi connectivity index (χ3n) is 3.00. The number of carbonyl (C=O) groups is 1. The van der Waals surface area contributed by atoms with Gasteiger partial charge in [-0.05, 0) is 18.9 Å². The number of amides is 1. The SMILES string of the molecule is CCCCN(C(=O)CN)C(C)c1ccccc1.Cl. The summed E-state index contributed by atoms with van der Waals surface area (Å²) in [7, 11) is 0. The molecule has 0 spiro atoms. The minimum atomic E-state index is 0. The van der Waals surface area contributed by atoms with E-state index >= 15 is 0 Å². The molecule has 1 unspecified atom stereocenters. The lowest BCUT2D eigenvalue weighted by Gasteiger charge is -2.29. The van der Waals surface area contributed by atoms with Crippen molar-refractivity contribution in [2.24, 2.45) is 5.73 Å². The Balaban J connectivity index is 0.00000289. The maximum absolute atomic E-state index is 11.8. The summed E-state index contributed by atoms with van der Waals surface area (Å²) < 4.78 is 0. The molecule has 0 aromatic heterocycles. The van der Waals surface area contributed by atoms with Gasteiger partial charge in [0.25, 0.3) is 0 Å². The second-order valence-corrected chi connectivity index (χ2v) is 4.23. The summed E-state index contributed by atoms with van der Waals surface area (Å²) in [5, 5.41) is 0. The summed E-state index contributed by atoms with van der Waals surface area (Å²) >= 11 is 0. The van der Waals surface area contributed by atoms with Crippen LogP contribution in [0.4, 0.5) is 0 Å². The minimum Gasteiger partial charge on any atom is -0.335 e.